The minimum Gasteiger partial charge on any atom is -0.374 e. The van der Waals surface area contributed by atoms with Crippen molar-refractivity contribution < 1.29 is 10.0 Å². The molecule has 0 aliphatic carbocycles. The summed E-state index contributed by atoms with van der Waals surface area (Å²) in [5, 5.41) is 27.7. The Hall–Kier alpha value is -1.93. The second-order valence-corrected chi connectivity index (χ2v) is 2.38. The van der Waals surface area contributed by atoms with Crippen LogP contribution in [0.5, 0.6) is 0 Å². The molecule has 1 atom stereocenters. The Morgan fingerprint density at radius 1 is 1.62 bits per heavy atom. The molecule has 0 aromatic heterocycles. The fourth-order valence-corrected chi connectivity index (χ4v) is 0.883. The number of aliphatic hydroxyl groups excluding tert-OH is 1. The van der Waals surface area contributed by atoms with Gasteiger partial charge in [-0.25, -0.2) is 0 Å². The van der Waals surface area contributed by atoms with Crippen molar-refractivity contribution >= 4 is 5.69 Å². The van der Waals surface area contributed by atoms with Crippen molar-refractivity contribution in [3.63, 3.8) is 0 Å². The fraction of sp³-hybridized carbons (Fsp3) is 0.125. The number of nitriles is 1. The molecule has 5 heteroatoms. The van der Waals surface area contributed by atoms with E-state index in [0.717, 1.165) is 0 Å². The van der Waals surface area contributed by atoms with Gasteiger partial charge in [0.1, 0.15) is 0 Å². The molecular weight excluding hydrogens is 172 g/mol. The third-order valence-electron chi connectivity index (χ3n) is 1.52. The third kappa shape index (κ3) is 2.01. The molecule has 0 aliphatic heterocycles. The first-order chi connectivity index (χ1) is 6.15. The van der Waals surface area contributed by atoms with Crippen LogP contribution in [0.1, 0.15) is 11.7 Å². The molecule has 0 fully saturated rings. The lowest BCUT2D eigenvalue weighted by Crippen LogP contribution is -1.95. The van der Waals surface area contributed by atoms with Gasteiger partial charge in [0.25, 0.3) is 5.69 Å². The summed E-state index contributed by atoms with van der Waals surface area (Å²) in [6.07, 6.45) is -1.31. The van der Waals surface area contributed by atoms with Crippen LogP contribution in [0.15, 0.2) is 24.3 Å². The normalized spacial score (nSPS) is 11.7. The Morgan fingerprint density at radius 2 is 2.31 bits per heavy atom. The van der Waals surface area contributed by atoms with Crippen molar-refractivity contribution in [3.8, 4) is 6.07 Å². The van der Waals surface area contributed by atoms with Gasteiger partial charge in [0.15, 0.2) is 6.10 Å². The Bertz CT molecular complexity index is 370. The zero-order valence-corrected chi connectivity index (χ0v) is 6.54. The van der Waals surface area contributed by atoms with Gasteiger partial charge < -0.3 is 5.11 Å². The van der Waals surface area contributed by atoms with Gasteiger partial charge in [-0.05, 0) is 0 Å². The van der Waals surface area contributed by atoms with E-state index in [0.29, 0.717) is 0 Å². The van der Waals surface area contributed by atoms with Crippen LogP contribution in [0.25, 0.3) is 0 Å². The molecule has 0 radical (unpaired) electrons. The predicted molar refractivity (Wildman–Crippen MR) is 43.7 cm³/mol. The van der Waals surface area contributed by atoms with Gasteiger partial charge in [-0.15, -0.1) is 0 Å². The molecule has 0 heterocycles. The third-order valence-corrected chi connectivity index (χ3v) is 1.52. The molecule has 1 aromatic rings. The molecule has 1 unspecified atom stereocenters. The van der Waals surface area contributed by atoms with Crippen LogP contribution < -0.4 is 0 Å². The number of rotatable bonds is 2. The number of nitrogens with zero attached hydrogens (tertiary/aromatic N) is 2. The summed E-state index contributed by atoms with van der Waals surface area (Å²) in [6.45, 7) is 0. The van der Waals surface area contributed by atoms with Crippen molar-refractivity contribution in [2.45, 2.75) is 6.10 Å². The summed E-state index contributed by atoms with van der Waals surface area (Å²) < 4.78 is 0. The van der Waals surface area contributed by atoms with E-state index in [1.54, 1.807) is 6.07 Å². The minimum atomic E-state index is -1.31. The van der Waals surface area contributed by atoms with E-state index in [-0.39, 0.29) is 11.3 Å². The molecule has 5 nitrogen and oxygen atoms in total. The number of non-ortho nitro benzene ring substituents is 1. The first kappa shape index (κ1) is 9.16. The molecule has 1 N–H and O–H groups in total. The van der Waals surface area contributed by atoms with Gasteiger partial charge in [-0.2, -0.15) is 5.26 Å². The SMILES string of the molecule is N#CC(O)c1cccc([N+](=O)[O-])c1. The zero-order valence-electron chi connectivity index (χ0n) is 6.54. The molecular formula is C8H6N2O3. The Labute approximate surface area is 74.0 Å². The van der Waals surface area contributed by atoms with Gasteiger partial charge in [0, 0.05) is 17.7 Å². The monoisotopic (exact) mass is 178 g/mol. The second-order valence-electron chi connectivity index (χ2n) is 2.38. The van der Waals surface area contributed by atoms with Crippen LogP contribution in [0, 0.1) is 21.4 Å². The maximum absolute atomic E-state index is 10.3. The van der Waals surface area contributed by atoms with Crippen LogP contribution >= 0.6 is 0 Å². The lowest BCUT2D eigenvalue weighted by atomic mass is 10.1. The molecule has 0 aliphatic rings. The molecule has 0 amide bonds. The zero-order chi connectivity index (χ0) is 9.84. The molecule has 0 spiro atoms. The van der Waals surface area contributed by atoms with Crippen molar-refractivity contribution in [3.05, 3.63) is 39.9 Å². The maximum atomic E-state index is 10.3. The molecule has 66 valence electrons. The summed E-state index contributed by atoms with van der Waals surface area (Å²) in [4.78, 5) is 9.73. The average molecular weight is 178 g/mol. The van der Waals surface area contributed by atoms with Gasteiger partial charge in [0.05, 0.1) is 11.0 Å². The van der Waals surface area contributed by atoms with Crippen LogP contribution in [-0.4, -0.2) is 10.0 Å². The van der Waals surface area contributed by atoms with E-state index in [9.17, 15) is 10.1 Å². The predicted octanol–water partition coefficient (Wildman–Crippen LogP) is 1.15. The number of hydrogen-bond acceptors (Lipinski definition) is 4. The van der Waals surface area contributed by atoms with E-state index in [1.165, 1.54) is 24.3 Å². The Morgan fingerprint density at radius 3 is 2.85 bits per heavy atom. The molecule has 0 saturated heterocycles. The largest absolute Gasteiger partial charge is 0.374 e. The highest BCUT2D eigenvalue weighted by Crippen LogP contribution is 2.18. The van der Waals surface area contributed by atoms with Crippen molar-refractivity contribution in [2.75, 3.05) is 0 Å². The minimum absolute atomic E-state index is 0.133. The van der Waals surface area contributed by atoms with Crippen molar-refractivity contribution in [1.29, 1.82) is 5.26 Å². The van der Waals surface area contributed by atoms with Crippen LogP contribution in [0.4, 0.5) is 5.69 Å². The number of nitro benzene ring substituents is 1. The van der Waals surface area contributed by atoms with Crippen LogP contribution in [0.3, 0.4) is 0 Å². The molecule has 0 saturated carbocycles. The number of hydrogen-bond donors (Lipinski definition) is 1. The highest BCUT2D eigenvalue weighted by atomic mass is 16.6. The number of nitro groups is 1. The van der Waals surface area contributed by atoms with Gasteiger partial charge in [-0.3, -0.25) is 10.1 Å². The van der Waals surface area contributed by atoms with Crippen molar-refractivity contribution in [2.24, 2.45) is 0 Å². The molecule has 13 heavy (non-hydrogen) atoms. The maximum Gasteiger partial charge on any atom is 0.269 e. The average Bonchev–Trinajstić information content (AvgIpc) is 2.17. The molecule has 1 rings (SSSR count). The quantitative estimate of drug-likeness (QED) is 0.418. The Balaban J connectivity index is 3.07. The smallest absolute Gasteiger partial charge is 0.269 e. The van der Waals surface area contributed by atoms with E-state index in [4.69, 9.17) is 10.4 Å². The second kappa shape index (κ2) is 3.65. The lowest BCUT2D eigenvalue weighted by Gasteiger charge is -2.00. The standard InChI is InChI=1S/C8H6N2O3/c9-5-8(11)6-2-1-3-7(4-6)10(12)13/h1-4,8,11H. The van der Waals surface area contributed by atoms with E-state index >= 15 is 0 Å². The first-order valence-electron chi connectivity index (χ1n) is 3.47. The van der Waals surface area contributed by atoms with Crippen LogP contribution in [0.2, 0.25) is 0 Å². The highest BCUT2D eigenvalue weighted by Gasteiger charge is 2.10. The molecule has 0 bridgehead atoms. The fourth-order valence-electron chi connectivity index (χ4n) is 0.883. The summed E-state index contributed by atoms with van der Waals surface area (Å²) in [5.41, 5.74) is 0.100. The van der Waals surface area contributed by atoms with Gasteiger partial charge >= 0.3 is 0 Å². The van der Waals surface area contributed by atoms with E-state index < -0.39 is 11.0 Å². The first-order valence-corrected chi connectivity index (χ1v) is 3.47. The van der Waals surface area contributed by atoms with Crippen LogP contribution in [-0.2, 0) is 0 Å². The lowest BCUT2D eigenvalue weighted by molar-refractivity contribution is -0.385. The topological polar surface area (TPSA) is 87.2 Å². The van der Waals surface area contributed by atoms with Crippen molar-refractivity contribution in [1.82, 2.24) is 0 Å². The number of aliphatic hydroxyl groups is 1. The highest BCUT2D eigenvalue weighted by molar-refractivity contribution is 5.36. The van der Waals surface area contributed by atoms with Gasteiger partial charge in [0.2, 0.25) is 0 Å². The summed E-state index contributed by atoms with van der Waals surface area (Å²) >= 11 is 0. The van der Waals surface area contributed by atoms with Gasteiger partial charge in [-0.1, -0.05) is 12.1 Å². The summed E-state index contributed by atoms with van der Waals surface area (Å²) in [7, 11) is 0. The van der Waals surface area contributed by atoms with E-state index in [2.05, 4.69) is 0 Å². The summed E-state index contributed by atoms with van der Waals surface area (Å²) in [6, 6.07) is 6.94. The number of benzene rings is 1. The summed E-state index contributed by atoms with van der Waals surface area (Å²) in [5.74, 6) is 0. The van der Waals surface area contributed by atoms with E-state index in [1.807, 2.05) is 0 Å². The molecule has 1 aromatic carbocycles. The Kier molecular flexibility index (Phi) is 2.57.